The first-order valence-electron chi connectivity index (χ1n) is 6.18. The number of hydroxylamine groups is 2. The van der Waals surface area contributed by atoms with Crippen LogP contribution < -0.4 is 0 Å². The third-order valence-corrected chi connectivity index (χ3v) is 2.94. The molecular formula is C14H15NO4. The van der Waals surface area contributed by atoms with Gasteiger partial charge in [-0.1, -0.05) is 29.8 Å². The van der Waals surface area contributed by atoms with E-state index >= 15 is 0 Å². The average Bonchev–Trinajstić information content (AvgIpc) is 2.70. The maximum Gasteiger partial charge on any atom is 0.333 e. The van der Waals surface area contributed by atoms with Crippen LogP contribution in [0.1, 0.15) is 30.4 Å². The summed E-state index contributed by atoms with van der Waals surface area (Å²) in [5.74, 6) is -1.47. The van der Waals surface area contributed by atoms with Gasteiger partial charge in [0.25, 0.3) is 11.8 Å². The Labute approximate surface area is 111 Å². The molecule has 1 aromatic rings. The Morgan fingerprint density at radius 1 is 1.16 bits per heavy atom. The molecule has 5 heteroatoms. The first-order chi connectivity index (χ1) is 9.06. The molecule has 1 aromatic carbocycles. The van der Waals surface area contributed by atoms with Crippen molar-refractivity contribution in [2.24, 2.45) is 0 Å². The Bertz CT molecular complexity index is 491. The largest absolute Gasteiger partial charge is 0.333 e. The summed E-state index contributed by atoms with van der Waals surface area (Å²) in [5.41, 5.74) is 2.17. The molecule has 0 atom stereocenters. The highest BCUT2D eigenvalue weighted by atomic mass is 16.7. The SMILES string of the molecule is Cc1ccc(CCC(=O)ON2C(=O)CCC2=O)cc1. The molecule has 0 spiro atoms. The van der Waals surface area contributed by atoms with Gasteiger partial charge in [-0.05, 0) is 18.9 Å². The summed E-state index contributed by atoms with van der Waals surface area (Å²) in [6.07, 6.45) is 0.892. The zero-order valence-corrected chi connectivity index (χ0v) is 10.7. The number of hydrogen-bond acceptors (Lipinski definition) is 4. The molecule has 1 fully saturated rings. The van der Waals surface area contributed by atoms with Crippen LogP contribution in [0.25, 0.3) is 0 Å². The van der Waals surface area contributed by atoms with Gasteiger partial charge in [0.05, 0.1) is 6.42 Å². The highest BCUT2D eigenvalue weighted by Gasteiger charge is 2.32. The highest BCUT2D eigenvalue weighted by Crippen LogP contribution is 2.13. The number of benzene rings is 1. The van der Waals surface area contributed by atoms with E-state index in [0.717, 1.165) is 11.1 Å². The average molecular weight is 261 g/mol. The minimum absolute atomic E-state index is 0.115. The minimum Gasteiger partial charge on any atom is -0.330 e. The fraction of sp³-hybridized carbons (Fsp3) is 0.357. The Morgan fingerprint density at radius 3 is 2.32 bits per heavy atom. The van der Waals surface area contributed by atoms with Crippen molar-refractivity contribution in [2.75, 3.05) is 0 Å². The Balaban J connectivity index is 1.83. The summed E-state index contributed by atoms with van der Waals surface area (Å²) in [6, 6.07) is 7.81. The standard InChI is InChI=1S/C14H15NO4/c1-10-2-4-11(5-3-10)6-9-14(18)19-15-12(16)7-8-13(15)17/h2-5H,6-9H2,1H3. The van der Waals surface area contributed by atoms with E-state index in [-0.39, 0.29) is 19.3 Å². The van der Waals surface area contributed by atoms with Crippen LogP contribution in [0, 0.1) is 6.92 Å². The second-order valence-electron chi connectivity index (χ2n) is 4.53. The third kappa shape index (κ3) is 3.40. The molecular weight excluding hydrogens is 246 g/mol. The summed E-state index contributed by atoms with van der Waals surface area (Å²) in [5, 5.41) is 0.581. The van der Waals surface area contributed by atoms with E-state index in [1.807, 2.05) is 31.2 Å². The summed E-state index contributed by atoms with van der Waals surface area (Å²) < 4.78 is 0. The van der Waals surface area contributed by atoms with Gasteiger partial charge in [-0.15, -0.1) is 5.06 Å². The minimum atomic E-state index is -0.566. The van der Waals surface area contributed by atoms with E-state index in [1.165, 1.54) is 0 Å². The van der Waals surface area contributed by atoms with Gasteiger partial charge in [0.15, 0.2) is 0 Å². The highest BCUT2D eigenvalue weighted by molar-refractivity contribution is 6.01. The molecule has 0 aromatic heterocycles. The first-order valence-corrected chi connectivity index (χ1v) is 6.18. The predicted molar refractivity (Wildman–Crippen MR) is 66.7 cm³/mol. The second kappa shape index (κ2) is 5.65. The molecule has 0 aliphatic carbocycles. The van der Waals surface area contributed by atoms with Crippen LogP contribution in [0.4, 0.5) is 0 Å². The van der Waals surface area contributed by atoms with E-state index in [2.05, 4.69) is 0 Å². The lowest BCUT2D eigenvalue weighted by atomic mass is 10.1. The van der Waals surface area contributed by atoms with Crippen LogP contribution in [0.5, 0.6) is 0 Å². The molecule has 0 bridgehead atoms. The van der Waals surface area contributed by atoms with Crippen LogP contribution in [0.15, 0.2) is 24.3 Å². The van der Waals surface area contributed by atoms with Crippen LogP contribution in [-0.2, 0) is 25.6 Å². The molecule has 0 radical (unpaired) electrons. The van der Waals surface area contributed by atoms with Crippen molar-refractivity contribution < 1.29 is 19.2 Å². The topological polar surface area (TPSA) is 63.7 Å². The van der Waals surface area contributed by atoms with E-state index < -0.39 is 17.8 Å². The summed E-state index contributed by atoms with van der Waals surface area (Å²) in [6.45, 7) is 1.99. The summed E-state index contributed by atoms with van der Waals surface area (Å²) >= 11 is 0. The second-order valence-corrected chi connectivity index (χ2v) is 4.53. The van der Waals surface area contributed by atoms with Gasteiger partial charge in [-0.25, -0.2) is 4.79 Å². The van der Waals surface area contributed by atoms with Crippen molar-refractivity contribution in [1.29, 1.82) is 0 Å². The van der Waals surface area contributed by atoms with Crippen LogP contribution in [0.2, 0.25) is 0 Å². The Hall–Kier alpha value is -2.17. The molecule has 2 rings (SSSR count). The maximum absolute atomic E-state index is 11.6. The number of rotatable bonds is 4. The number of imide groups is 1. The lowest BCUT2D eigenvalue weighted by Gasteiger charge is -2.12. The molecule has 5 nitrogen and oxygen atoms in total. The molecule has 100 valence electrons. The van der Waals surface area contributed by atoms with Crippen molar-refractivity contribution in [2.45, 2.75) is 32.6 Å². The zero-order valence-electron chi connectivity index (χ0n) is 10.7. The molecule has 0 unspecified atom stereocenters. The number of hydrogen-bond donors (Lipinski definition) is 0. The molecule has 1 saturated heterocycles. The summed E-state index contributed by atoms with van der Waals surface area (Å²) in [7, 11) is 0. The zero-order chi connectivity index (χ0) is 13.8. The normalized spacial score (nSPS) is 14.9. The molecule has 0 N–H and O–H groups in total. The van der Waals surface area contributed by atoms with Gasteiger partial charge in [0.1, 0.15) is 0 Å². The number of aryl methyl sites for hydroxylation is 2. The molecule has 1 aliphatic heterocycles. The van der Waals surface area contributed by atoms with Gasteiger partial charge in [-0.2, -0.15) is 0 Å². The predicted octanol–water partition coefficient (Wildman–Crippen LogP) is 1.53. The van der Waals surface area contributed by atoms with E-state index in [1.54, 1.807) is 0 Å². The number of carbonyl (C=O) groups excluding carboxylic acids is 3. The van der Waals surface area contributed by atoms with Crippen molar-refractivity contribution in [1.82, 2.24) is 5.06 Å². The number of nitrogens with zero attached hydrogens (tertiary/aromatic N) is 1. The lowest BCUT2D eigenvalue weighted by molar-refractivity contribution is -0.197. The van der Waals surface area contributed by atoms with Crippen LogP contribution in [-0.4, -0.2) is 22.8 Å². The first kappa shape index (κ1) is 13.3. The fourth-order valence-electron chi connectivity index (χ4n) is 1.81. The monoisotopic (exact) mass is 261 g/mol. The van der Waals surface area contributed by atoms with E-state index in [0.29, 0.717) is 11.5 Å². The number of amides is 2. The van der Waals surface area contributed by atoms with Gasteiger partial charge >= 0.3 is 5.97 Å². The van der Waals surface area contributed by atoms with Crippen molar-refractivity contribution in [3.63, 3.8) is 0 Å². The molecule has 19 heavy (non-hydrogen) atoms. The Kier molecular flexibility index (Phi) is 3.94. The van der Waals surface area contributed by atoms with Gasteiger partial charge in [0.2, 0.25) is 0 Å². The van der Waals surface area contributed by atoms with E-state index in [4.69, 9.17) is 4.84 Å². The van der Waals surface area contributed by atoms with Gasteiger partial charge < -0.3 is 4.84 Å². The lowest BCUT2D eigenvalue weighted by Crippen LogP contribution is -2.32. The fourth-order valence-corrected chi connectivity index (χ4v) is 1.81. The quantitative estimate of drug-likeness (QED) is 0.771. The van der Waals surface area contributed by atoms with Crippen molar-refractivity contribution in [3.05, 3.63) is 35.4 Å². The van der Waals surface area contributed by atoms with E-state index in [9.17, 15) is 14.4 Å². The third-order valence-electron chi connectivity index (χ3n) is 2.94. The van der Waals surface area contributed by atoms with Crippen LogP contribution in [0.3, 0.4) is 0 Å². The molecule has 2 amide bonds. The Morgan fingerprint density at radius 2 is 1.74 bits per heavy atom. The molecule has 0 saturated carbocycles. The van der Waals surface area contributed by atoms with Crippen molar-refractivity contribution >= 4 is 17.8 Å². The number of carbonyl (C=O) groups is 3. The smallest absolute Gasteiger partial charge is 0.330 e. The van der Waals surface area contributed by atoms with Crippen molar-refractivity contribution in [3.8, 4) is 0 Å². The van der Waals surface area contributed by atoms with Gasteiger partial charge in [0, 0.05) is 12.8 Å². The van der Waals surface area contributed by atoms with Crippen LogP contribution >= 0.6 is 0 Å². The summed E-state index contributed by atoms with van der Waals surface area (Å²) in [4.78, 5) is 38.9. The molecule has 1 heterocycles. The molecule has 1 aliphatic rings. The van der Waals surface area contributed by atoms with Gasteiger partial charge in [-0.3, -0.25) is 9.59 Å². The maximum atomic E-state index is 11.6.